The molecule has 0 amide bonds. The van der Waals surface area contributed by atoms with Gasteiger partial charge in [-0.25, -0.2) is 4.98 Å². The lowest BCUT2D eigenvalue weighted by atomic mass is 9.81. The summed E-state index contributed by atoms with van der Waals surface area (Å²) in [5, 5.41) is 16.9. The van der Waals surface area contributed by atoms with Gasteiger partial charge in [0, 0.05) is 28.6 Å². The van der Waals surface area contributed by atoms with Crippen molar-refractivity contribution in [3.63, 3.8) is 0 Å². The Kier molecular flexibility index (Phi) is 7.34. The number of benzene rings is 7. The lowest BCUT2D eigenvalue weighted by molar-refractivity contribution is 0.859. The molecule has 9 aromatic rings. The highest BCUT2D eigenvalue weighted by Gasteiger charge is 2.22. The molecule has 248 valence electrons. The molecule has 0 N–H and O–H groups in total. The molecule has 0 aliphatic heterocycles. The van der Waals surface area contributed by atoms with Crippen LogP contribution in [0.5, 0.6) is 0 Å². The summed E-state index contributed by atoms with van der Waals surface area (Å²) in [5.41, 5.74) is 12.2. The van der Waals surface area contributed by atoms with E-state index in [0.717, 1.165) is 45.0 Å². The van der Waals surface area contributed by atoms with E-state index < -0.39 is 0 Å². The zero-order valence-electron chi connectivity index (χ0n) is 28.9. The van der Waals surface area contributed by atoms with E-state index in [1.165, 1.54) is 49.5 Å². The minimum absolute atomic E-state index is 0.192. The maximum Gasteiger partial charge on any atom is 0.145 e. The Bertz CT molecular complexity index is 2980. The van der Waals surface area contributed by atoms with Gasteiger partial charge in [-0.2, -0.15) is 5.26 Å². The summed E-state index contributed by atoms with van der Waals surface area (Å²) in [4.78, 5) is 4.91. The fraction of sp³-hybridized carbons (Fsp3) is 0.0400. The van der Waals surface area contributed by atoms with Crippen LogP contribution in [0.2, 0.25) is 0 Å². The second-order valence-corrected chi connectivity index (χ2v) is 13.8. The summed E-state index contributed by atoms with van der Waals surface area (Å²) >= 11 is 0. The maximum atomic E-state index is 9.94. The predicted molar refractivity (Wildman–Crippen MR) is 220 cm³/mol. The fourth-order valence-corrected chi connectivity index (χ4v) is 8.37. The van der Waals surface area contributed by atoms with Gasteiger partial charge in [0.25, 0.3) is 0 Å². The van der Waals surface area contributed by atoms with Crippen molar-refractivity contribution in [1.29, 1.82) is 5.26 Å². The monoisotopic (exact) mass is 675 g/mol. The van der Waals surface area contributed by atoms with Crippen molar-refractivity contribution in [2.45, 2.75) is 12.3 Å². The summed E-state index contributed by atoms with van der Waals surface area (Å²) in [7, 11) is 0. The van der Waals surface area contributed by atoms with E-state index in [4.69, 9.17) is 4.98 Å². The van der Waals surface area contributed by atoms with Gasteiger partial charge in [0.15, 0.2) is 0 Å². The number of hydrogen-bond acceptors (Lipinski definition) is 2. The van der Waals surface area contributed by atoms with E-state index in [1.54, 1.807) is 0 Å². The zero-order chi connectivity index (χ0) is 35.3. The zero-order valence-corrected chi connectivity index (χ0v) is 28.9. The van der Waals surface area contributed by atoms with Gasteiger partial charge in [-0.05, 0) is 115 Å². The van der Waals surface area contributed by atoms with E-state index >= 15 is 0 Å². The van der Waals surface area contributed by atoms with Crippen LogP contribution in [0.4, 0.5) is 0 Å². The highest BCUT2D eigenvalue weighted by molar-refractivity contribution is 6.19. The fourth-order valence-electron chi connectivity index (χ4n) is 8.37. The third-order valence-electron chi connectivity index (χ3n) is 10.8. The molecule has 1 aliphatic rings. The van der Waals surface area contributed by atoms with Gasteiger partial charge in [-0.1, -0.05) is 127 Å². The lowest BCUT2D eigenvalue weighted by Crippen LogP contribution is -2.01. The Labute approximate surface area is 308 Å². The Morgan fingerprint density at radius 1 is 0.566 bits per heavy atom. The van der Waals surface area contributed by atoms with Crippen molar-refractivity contribution in [2.75, 3.05) is 0 Å². The number of allylic oxidation sites excluding steroid dienone is 4. The normalized spacial score (nSPS) is 14.2. The highest BCUT2D eigenvalue weighted by atomic mass is 15.0. The van der Waals surface area contributed by atoms with E-state index in [0.29, 0.717) is 5.56 Å². The molecule has 1 unspecified atom stereocenters. The third kappa shape index (κ3) is 5.15. The number of fused-ring (bicyclic) bond motifs is 5. The molecule has 53 heavy (non-hydrogen) atoms. The van der Waals surface area contributed by atoms with Gasteiger partial charge in [0.1, 0.15) is 5.65 Å². The van der Waals surface area contributed by atoms with Gasteiger partial charge in [0.2, 0.25) is 0 Å². The molecule has 3 nitrogen and oxygen atoms in total. The SMILES string of the molecule is N#Cc1ccc2c(C3=CC(c4ccc5c(c4)c4cccnc4n5-c4cccc(-c5ccccc5)c4)CC=C3)c3ccccc3c(-c3ccccc3)c2c1. The van der Waals surface area contributed by atoms with Gasteiger partial charge in [0.05, 0.1) is 17.1 Å². The van der Waals surface area contributed by atoms with Crippen LogP contribution in [-0.4, -0.2) is 9.55 Å². The van der Waals surface area contributed by atoms with E-state index in [9.17, 15) is 5.26 Å². The first-order chi connectivity index (χ1) is 26.2. The van der Waals surface area contributed by atoms with Gasteiger partial charge in [-0.15, -0.1) is 0 Å². The molecule has 0 fully saturated rings. The first-order valence-electron chi connectivity index (χ1n) is 18.1. The maximum absolute atomic E-state index is 9.94. The molecule has 0 radical (unpaired) electrons. The first-order valence-corrected chi connectivity index (χ1v) is 18.1. The number of nitriles is 1. The van der Waals surface area contributed by atoms with Gasteiger partial charge in [-0.3, -0.25) is 4.57 Å². The van der Waals surface area contributed by atoms with Crippen LogP contribution in [0.15, 0.2) is 182 Å². The van der Waals surface area contributed by atoms with Crippen molar-refractivity contribution in [3.8, 4) is 34.0 Å². The average Bonchev–Trinajstić information content (AvgIpc) is 3.57. The van der Waals surface area contributed by atoms with Crippen molar-refractivity contribution in [3.05, 3.63) is 199 Å². The molecule has 0 bridgehead atoms. The van der Waals surface area contributed by atoms with Crippen LogP contribution >= 0.6 is 0 Å². The molecule has 3 heteroatoms. The first kappa shape index (κ1) is 30.8. The van der Waals surface area contributed by atoms with Crippen LogP contribution in [0.25, 0.3) is 77.0 Å². The van der Waals surface area contributed by atoms with E-state index in [2.05, 4.69) is 174 Å². The molecule has 0 saturated heterocycles. The van der Waals surface area contributed by atoms with E-state index in [1.807, 2.05) is 18.3 Å². The van der Waals surface area contributed by atoms with Crippen molar-refractivity contribution >= 4 is 49.1 Å². The third-order valence-corrected chi connectivity index (χ3v) is 10.8. The molecular formula is C50H33N3. The molecule has 7 aromatic carbocycles. The number of pyridine rings is 1. The number of hydrogen-bond donors (Lipinski definition) is 0. The topological polar surface area (TPSA) is 41.6 Å². The Morgan fingerprint density at radius 3 is 2.09 bits per heavy atom. The largest absolute Gasteiger partial charge is 0.294 e. The minimum atomic E-state index is 0.192. The smallest absolute Gasteiger partial charge is 0.145 e. The van der Waals surface area contributed by atoms with Crippen LogP contribution in [-0.2, 0) is 0 Å². The second kappa shape index (κ2) is 12.6. The molecule has 0 saturated carbocycles. The summed E-state index contributed by atoms with van der Waals surface area (Å²) in [6, 6.07) is 58.2. The molecule has 0 spiro atoms. The summed E-state index contributed by atoms with van der Waals surface area (Å²) in [6.45, 7) is 0. The molecule has 10 rings (SSSR count). The molecule has 2 aromatic heterocycles. The van der Waals surface area contributed by atoms with Gasteiger partial charge < -0.3 is 0 Å². The van der Waals surface area contributed by atoms with Crippen LogP contribution in [0.1, 0.15) is 29.0 Å². The number of nitrogens with zero attached hydrogens (tertiary/aromatic N) is 3. The standard InChI is InChI=1S/C50H33N3/c51-32-33-23-25-43-46(28-33)48(35-14-5-2-6-15-35)41-20-7-8-21-42(41)49(43)39-18-9-16-36(29-39)38-24-26-47-45(31-38)44-22-11-27-52-50(44)53(47)40-19-10-17-37(30-40)34-12-3-1-4-13-34/h1-15,17-31,36H,16H2. The highest BCUT2D eigenvalue weighted by Crippen LogP contribution is 2.45. The number of rotatable bonds is 5. The second-order valence-electron chi connectivity index (χ2n) is 13.8. The Balaban J connectivity index is 1.13. The van der Waals surface area contributed by atoms with Gasteiger partial charge >= 0.3 is 0 Å². The summed E-state index contributed by atoms with van der Waals surface area (Å²) < 4.78 is 2.30. The van der Waals surface area contributed by atoms with Crippen molar-refractivity contribution in [2.24, 2.45) is 0 Å². The quantitative estimate of drug-likeness (QED) is 0.170. The van der Waals surface area contributed by atoms with Crippen LogP contribution < -0.4 is 0 Å². The van der Waals surface area contributed by atoms with Crippen molar-refractivity contribution in [1.82, 2.24) is 9.55 Å². The molecular weight excluding hydrogens is 643 g/mol. The lowest BCUT2D eigenvalue weighted by Gasteiger charge is -2.22. The number of aromatic nitrogens is 2. The minimum Gasteiger partial charge on any atom is -0.294 e. The molecule has 1 aliphatic carbocycles. The van der Waals surface area contributed by atoms with Crippen LogP contribution in [0, 0.1) is 11.3 Å². The Hall–Kier alpha value is -7.02. The summed E-state index contributed by atoms with van der Waals surface area (Å²) in [5.74, 6) is 0.192. The Morgan fingerprint density at radius 2 is 1.28 bits per heavy atom. The summed E-state index contributed by atoms with van der Waals surface area (Å²) in [6.07, 6.45) is 9.86. The average molecular weight is 676 g/mol. The predicted octanol–water partition coefficient (Wildman–Crippen LogP) is 12.8. The van der Waals surface area contributed by atoms with E-state index in [-0.39, 0.29) is 5.92 Å². The molecule has 1 atom stereocenters. The molecule has 2 heterocycles. The van der Waals surface area contributed by atoms with Crippen molar-refractivity contribution < 1.29 is 0 Å². The van der Waals surface area contributed by atoms with Crippen LogP contribution in [0.3, 0.4) is 0 Å².